The van der Waals surface area contributed by atoms with E-state index in [4.69, 9.17) is 20.4 Å². The Morgan fingerprint density at radius 2 is 1.59 bits per heavy atom. The van der Waals surface area contributed by atoms with Crippen molar-refractivity contribution >= 4 is 51.3 Å². The molecule has 0 bridgehead atoms. The number of carboxylic acid groups (broad SMARTS) is 1. The van der Waals surface area contributed by atoms with Crippen LogP contribution < -0.4 is 16.3 Å². The molecule has 2 heterocycles. The fourth-order valence-electron chi connectivity index (χ4n) is 4.91. The summed E-state index contributed by atoms with van der Waals surface area (Å²) in [5.74, 6) is -1.42. The second-order valence-electron chi connectivity index (χ2n) is 10.3. The normalized spacial score (nSPS) is 12.8. The number of carbonyl (C=O) groups is 3. The molecule has 9 nitrogen and oxygen atoms in total. The lowest BCUT2D eigenvalue weighted by molar-refractivity contribution is -0.142. The third-order valence-corrected chi connectivity index (χ3v) is 7.63. The predicted octanol–water partition coefficient (Wildman–Crippen LogP) is 5.15. The van der Waals surface area contributed by atoms with E-state index in [0.29, 0.717) is 40.2 Å². The zero-order valence-corrected chi connectivity index (χ0v) is 24.2. The van der Waals surface area contributed by atoms with Gasteiger partial charge in [0.2, 0.25) is 11.8 Å². The fourth-order valence-corrected chi connectivity index (χ4v) is 5.03. The Morgan fingerprint density at radius 3 is 2.24 bits per heavy atom. The van der Waals surface area contributed by atoms with Crippen LogP contribution in [0.15, 0.2) is 50.0 Å². The quantitative estimate of drug-likeness (QED) is 0.209. The molecule has 0 fully saturated rings. The van der Waals surface area contributed by atoms with E-state index in [9.17, 15) is 24.3 Å². The van der Waals surface area contributed by atoms with Gasteiger partial charge in [0.05, 0.1) is 0 Å². The minimum Gasteiger partial charge on any atom is -0.480 e. The molecule has 0 radical (unpaired) electrons. The molecule has 0 unspecified atom stereocenters. The van der Waals surface area contributed by atoms with Gasteiger partial charge in [0.25, 0.3) is 0 Å². The molecule has 0 spiro atoms. The van der Waals surface area contributed by atoms with Gasteiger partial charge < -0.3 is 24.6 Å². The summed E-state index contributed by atoms with van der Waals surface area (Å²) in [5.41, 5.74) is 3.33. The average molecular weight is 581 g/mol. The van der Waals surface area contributed by atoms with Crippen LogP contribution in [-0.4, -0.2) is 35.0 Å². The molecule has 216 valence electrons. The number of fused-ring (bicyclic) bond motifs is 2. The van der Waals surface area contributed by atoms with Gasteiger partial charge in [-0.25, -0.2) is 9.59 Å². The number of aliphatic carboxylic acids is 1. The summed E-state index contributed by atoms with van der Waals surface area (Å²) in [6, 6.07) is 8.23. The van der Waals surface area contributed by atoms with Gasteiger partial charge in [0.1, 0.15) is 29.0 Å². The highest BCUT2D eigenvalue weighted by atomic mass is 35.5. The maximum absolute atomic E-state index is 13.0. The van der Waals surface area contributed by atoms with Crippen molar-refractivity contribution in [2.45, 2.75) is 71.9 Å². The molecule has 0 aliphatic carbocycles. The summed E-state index contributed by atoms with van der Waals surface area (Å²) in [5, 5.41) is 17.1. The molecule has 0 saturated carbocycles. The molecule has 2 amide bonds. The molecule has 10 heteroatoms. The molecule has 0 aliphatic heterocycles. The number of hydrogen-bond acceptors (Lipinski definition) is 6. The van der Waals surface area contributed by atoms with Crippen molar-refractivity contribution in [3.8, 4) is 0 Å². The van der Waals surface area contributed by atoms with Crippen LogP contribution in [0.1, 0.15) is 54.2 Å². The molecule has 2 atom stereocenters. The minimum atomic E-state index is -1.19. The molecular formula is C31H33ClN2O7. The highest BCUT2D eigenvalue weighted by Gasteiger charge is 2.26. The van der Waals surface area contributed by atoms with E-state index in [1.165, 1.54) is 0 Å². The van der Waals surface area contributed by atoms with Crippen molar-refractivity contribution in [3.05, 3.63) is 79.9 Å². The molecule has 0 saturated heterocycles. The van der Waals surface area contributed by atoms with Crippen molar-refractivity contribution in [2.24, 2.45) is 0 Å². The zero-order valence-electron chi connectivity index (χ0n) is 23.4. The number of rotatable bonds is 11. The summed E-state index contributed by atoms with van der Waals surface area (Å²) < 4.78 is 11.3. The summed E-state index contributed by atoms with van der Waals surface area (Å²) in [4.78, 5) is 50.6. The lowest BCUT2D eigenvalue weighted by Crippen LogP contribution is -2.52. The van der Waals surface area contributed by atoms with E-state index in [2.05, 4.69) is 10.6 Å². The van der Waals surface area contributed by atoms with Gasteiger partial charge in [0, 0.05) is 40.3 Å². The van der Waals surface area contributed by atoms with Crippen LogP contribution in [0, 0.1) is 20.8 Å². The Balaban J connectivity index is 1.45. The maximum atomic E-state index is 13.0. The molecule has 41 heavy (non-hydrogen) atoms. The van der Waals surface area contributed by atoms with Crippen LogP contribution in [0.3, 0.4) is 0 Å². The SMILES string of the molecule is CCC[C@H](NC(=O)CCc1c(C)c2cc3c(C)c(C)oc3cc2oc1=O)C(=O)N[C@H](Cc1ccc(Cl)cc1)C(=O)O. The topological polar surface area (TPSA) is 139 Å². The summed E-state index contributed by atoms with van der Waals surface area (Å²) in [7, 11) is 0. The van der Waals surface area contributed by atoms with E-state index in [1.54, 1.807) is 30.3 Å². The second-order valence-corrected chi connectivity index (χ2v) is 10.7. The number of carbonyl (C=O) groups excluding carboxylic acids is 2. The largest absolute Gasteiger partial charge is 0.480 e. The van der Waals surface area contributed by atoms with Gasteiger partial charge >= 0.3 is 11.6 Å². The highest BCUT2D eigenvalue weighted by Crippen LogP contribution is 2.31. The van der Waals surface area contributed by atoms with Crippen LogP contribution in [0.2, 0.25) is 5.02 Å². The Kier molecular flexibility index (Phi) is 9.18. The van der Waals surface area contributed by atoms with Crippen LogP contribution in [0.25, 0.3) is 21.9 Å². The van der Waals surface area contributed by atoms with Crippen LogP contribution >= 0.6 is 11.6 Å². The second kappa shape index (κ2) is 12.6. The Morgan fingerprint density at radius 1 is 0.927 bits per heavy atom. The van der Waals surface area contributed by atoms with Crippen LogP contribution in [0.4, 0.5) is 0 Å². The van der Waals surface area contributed by atoms with Crippen molar-refractivity contribution in [1.29, 1.82) is 0 Å². The van der Waals surface area contributed by atoms with E-state index in [0.717, 1.165) is 27.7 Å². The van der Waals surface area contributed by atoms with Gasteiger partial charge in [-0.2, -0.15) is 0 Å². The smallest absolute Gasteiger partial charge is 0.339 e. The third-order valence-electron chi connectivity index (χ3n) is 7.38. The number of nitrogens with one attached hydrogen (secondary N) is 2. The van der Waals surface area contributed by atoms with E-state index < -0.39 is 35.5 Å². The molecule has 2 aromatic heterocycles. The van der Waals surface area contributed by atoms with Crippen LogP contribution in [0.5, 0.6) is 0 Å². The fraction of sp³-hybridized carbons (Fsp3) is 0.355. The van der Waals surface area contributed by atoms with Crippen LogP contribution in [-0.2, 0) is 27.2 Å². The standard InChI is InChI=1S/C31H33ClN2O7/c1-5-6-24(29(36)34-25(30(37)38)13-19-7-9-20(32)10-8-19)33-28(35)12-11-21-17(3)23-14-22-16(2)18(4)40-26(22)15-27(23)41-31(21)39/h7-10,14-15,24-25H,5-6,11-13H2,1-4H3,(H,33,35)(H,34,36)(H,37,38)/t24-,25+/m0/s1. The first-order chi connectivity index (χ1) is 19.5. The van der Waals surface area contributed by atoms with Crippen molar-refractivity contribution in [1.82, 2.24) is 10.6 Å². The summed E-state index contributed by atoms with van der Waals surface area (Å²) in [6.07, 6.45) is 1.03. The summed E-state index contributed by atoms with van der Waals surface area (Å²) in [6.45, 7) is 7.52. The molecular weight excluding hydrogens is 548 g/mol. The first-order valence-electron chi connectivity index (χ1n) is 13.5. The number of hydrogen-bond donors (Lipinski definition) is 3. The first kappa shape index (κ1) is 29.9. The maximum Gasteiger partial charge on any atom is 0.339 e. The van der Waals surface area contributed by atoms with E-state index >= 15 is 0 Å². The van der Waals surface area contributed by atoms with Gasteiger partial charge in [-0.15, -0.1) is 0 Å². The van der Waals surface area contributed by atoms with Gasteiger partial charge in [0.15, 0.2) is 0 Å². The predicted molar refractivity (Wildman–Crippen MR) is 156 cm³/mol. The molecule has 0 aliphatic rings. The van der Waals surface area contributed by atoms with Crippen molar-refractivity contribution in [3.63, 3.8) is 0 Å². The molecule has 4 rings (SSSR count). The highest BCUT2D eigenvalue weighted by molar-refractivity contribution is 6.30. The third kappa shape index (κ3) is 6.79. The Labute approximate surface area is 241 Å². The van der Waals surface area contributed by atoms with Gasteiger partial charge in [-0.1, -0.05) is 37.1 Å². The number of furan rings is 1. The molecule has 2 aromatic carbocycles. The van der Waals surface area contributed by atoms with E-state index in [1.807, 2.05) is 33.8 Å². The first-order valence-corrected chi connectivity index (χ1v) is 13.9. The lowest BCUT2D eigenvalue weighted by Gasteiger charge is -2.21. The number of halogens is 1. The number of carboxylic acids is 1. The monoisotopic (exact) mass is 580 g/mol. The van der Waals surface area contributed by atoms with Gasteiger partial charge in [-0.3, -0.25) is 9.59 Å². The average Bonchev–Trinajstić information content (AvgIpc) is 3.20. The van der Waals surface area contributed by atoms with E-state index in [-0.39, 0.29) is 19.3 Å². The Bertz CT molecular complexity index is 1670. The van der Waals surface area contributed by atoms with Crippen molar-refractivity contribution < 1.29 is 28.3 Å². The molecule has 4 aromatic rings. The minimum absolute atomic E-state index is 0.0518. The molecule has 3 N–H and O–H groups in total. The number of aryl methyl sites for hydroxylation is 3. The lowest BCUT2D eigenvalue weighted by atomic mass is 10.00. The Hall–Kier alpha value is -4.11. The van der Waals surface area contributed by atoms with Crippen molar-refractivity contribution in [2.75, 3.05) is 0 Å². The number of benzene rings is 2. The number of amides is 2. The summed E-state index contributed by atoms with van der Waals surface area (Å²) >= 11 is 5.90. The van der Waals surface area contributed by atoms with Gasteiger partial charge in [-0.05, 0) is 68.5 Å². The zero-order chi connectivity index (χ0) is 29.8.